The Kier molecular flexibility index (Phi) is 16.1. The van der Waals surface area contributed by atoms with Gasteiger partial charge in [0, 0.05) is 63.0 Å². The topological polar surface area (TPSA) is 174 Å². The van der Waals surface area contributed by atoms with Gasteiger partial charge in [-0.1, -0.05) is 64.0 Å². The lowest BCUT2D eigenvalue weighted by Crippen LogP contribution is -2.30. The summed E-state index contributed by atoms with van der Waals surface area (Å²) in [5.41, 5.74) is 3.91. The van der Waals surface area contributed by atoms with E-state index < -0.39 is 19.1 Å². The molecule has 3 aromatic heterocycles. The lowest BCUT2D eigenvalue weighted by molar-refractivity contribution is -0.275. The molecule has 460 valence electrons. The summed E-state index contributed by atoms with van der Waals surface area (Å²) in [6.07, 6.45) is 2.95. The Morgan fingerprint density at radius 1 is 0.430 bits per heavy atom. The maximum Gasteiger partial charge on any atom is 0.573 e. The van der Waals surface area contributed by atoms with E-state index in [9.17, 15) is 49.7 Å². The molecular weight excluding hydrogens is 1150 g/mol. The Hall–Kier alpha value is -6.40. The normalized spacial score (nSPS) is 28.0. The Bertz CT molecular complexity index is 3380. The molecule has 0 radical (unpaired) electrons. The van der Waals surface area contributed by atoms with Crippen molar-refractivity contribution in [3.8, 4) is 51.0 Å². The number of rotatable bonds is 18. The summed E-state index contributed by atoms with van der Waals surface area (Å²) >= 11 is 0. The third kappa shape index (κ3) is 13.2. The van der Waals surface area contributed by atoms with E-state index >= 15 is 0 Å². The number of aromatic nitrogens is 3. The number of benzene rings is 3. The van der Waals surface area contributed by atoms with E-state index in [4.69, 9.17) is 27.8 Å². The molecule has 15 rings (SSSR count). The molecule has 6 bridgehead atoms. The van der Waals surface area contributed by atoms with E-state index in [2.05, 4.69) is 41.8 Å². The van der Waals surface area contributed by atoms with Crippen LogP contribution in [0.4, 0.5) is 39.5 Å². The van der Waals surface area contributed by atoms with Crippen molar-refractivity contribution in [2.45, 2.75) is 177 Å². The molecule has 9 aliphatic carbocycles. The Morgan fingerprint density at radius 2 is 0.860 bits per heavy atom. The maximum atomic E-state index is 12.8. The van der Waals surface area contributed by atoms with E-state index in [-0.39, 0.29) is 114 Å². The number of fused-ring (bicyclic) bond motifs is 6. The summed E-state index contributed by atoms with van der Waals surface area (Å²) < 4.78 is 163. The SMILES string of the molecule is FC(F)(F)Oc1ccccc1-c1noc(C2CC2)c1CO[C@H]1C[C@H]2C=C[C@@H]1C2.O[C@@H]1C[C@@H]2C[C@H]1C[C@@H]2OCc1c(-c2ccccc2OC(F)(F)F)noc1C1CC1.O[C@H]1C[C@H]2C[C@@H]1[C@@H](OCc1c(-c3ccccc3OC(F)(F)F)noc1C1CC1)C2. The first kappa shape index (κ1) is 58.6. The van der Waals surface area contributed by atoms with Gasteiger partial charge in [-0.2, -0.15) is 0 Å². The number of aliphatic hydroxyl groups excluding tert-OH is 2. The van der Waals surface area contributed by atoms with Crippen LogP contribution in [0, 0.1) is 35.5 Å². The Morgan fingerprint density at radius 3 is 1.21 bits per heavy atom. The molecule has 23 heteroatoms. The summed E-state index contributed by atoms with van der Waals surface area (Å²) in [6, 6.07) is 17.9. The van der Waals surface area contributed by atoms with E-state index in [1.165, 1.54) is 36.4 Å². The predicted octanol–water partition coefficient (Wildman–Crippen LogP) is 15.2. The Labute approximate surface area is 488 Å². The van der Waals surface area contributed by atoms with E-state index in [0.717, 1.165) is 101 Å². The monoisotopic (exact) mass is 1210 g/mol. The highest BCUT2D eigenvalue weighted by atomic mass is 19.4. The van der Waals surface area contributed by atoms with Crippen LogP contribution in [0.1, 0.15) is 142 Å². The number of para-hydroxylation sites is 3. The van der Waals surface area contributed by atoms with Gasteiger partial charge in [0.05, 0.1) is 50.3 Å². The van der Waals surface area contributed by atoms with Crippen molar-refractivity contribution in [3.05, 3.63) is 119 Å². The molecule has 8 saturated carbocycles. The van der Waals surface area contributed by atoms with Crippen LogP contribution in [0.15, 0.2) is 98.5 Å². The van der Waals surface area contributed by atoms with Gasteiger partial charge in [0.25, 0.3) is 0 Å². The van der Waals surface area contributed by atoms with Gasteiger partial charge >= 0.3 is 19.1 Å². The summed E-state index contributed by atoms with van der Waals surface area (Å²) in [5.74, 6) is 4.23. The molecule has 0 amide bonds. The van der Waals surface area contributed by atoms with E-state index in [1.807, 2.05) is 0 Å². The highest BCUT2D eigenvalue weighted by Gasteiger charge is 2.48. The lowest BCUT2D eigenvalue weighted by Gasteiger charge is -2.26. The fourth-order valence-corrected chi connectivity index (χ4v) is 14.0. The van der Waals surface area contributed by atoms with E-state index in [0.29, 0.717) is 63.4 Å². The number of hydrogen-bond donors (Lipinski definition) is 2. The third-order valence-electron chi connectivity index (χ3n) is 18.4. The van der Waals surface area contributed by atoms with Crippen molar-refractivity contribution in [3.63, 3.8) is 0 Å². The molecule has 0 unspecified atom stereocenters. The largest absolute Gasteiger partial charge is 0.573 e. The van der Waals surface area contributed by atoms with Crippen molar-refractivity contribution in [1.29, 1.82) is 0 Å². The van der Waals surface area contributed by atoms with Crippen LogP contribution in [-0.4, -0.2) is 75.3 Å². The summed E-state index contributed by atoms with van der Waals surface area (Å²) in [6.45, 7) is 0.716. The second kappa shape index (κ2) is 23.6. The van der Waals surface area contributed by atoms with Gasteiger partial charge in [0.1, 0.15) is 51.6 Å². The van der Waals surface area contributed by atoms with Crippen LogP contribution in [0.25, 0.3) is 33.8 Å². The van der Waals surface area contributed by atoms with Crippen LogP contribution in [0.3, 0.4) is 0 Å². The minimum atomic E-state index is -4.80. The second-order valence-electron chi connectivity index (χ2n) is 24.5. The van der Waals surface area contributed by atoms with Crippen molar-refractivity contribution in [2.24, 2.45) is 35.5 Å². The smallest absolute Gasteiger partial charge is 0.405 e. The highest BCUT2D eigenvalue weighted by Crippen LogP contribution is 2.52. The maximum absolute atomic E-state index is 12.8. The van der Waals surface area contributed by atoms with Gasteiger partial charge < -0.3 is 52.2 Å². The zero-order valence-corrected chi connectivity index (χ0v) is 46.5. The molecule has 11 atom stereocenters. The zero-order valence-electron chi connectivity index (χ0n) is 46.5. The fourth-order valence-electron chi connectivity index (χ4n) is 14.0. The summed E-state index contributed by atoms with van der Waals surface area (Å²) in [5, 5.41) is 32.4. The molecule has 14 nitrogen and oxygen atoms in total. The number of allylic oxidation sites excluding steroid dienone is 1. The van der Waals surface area contributed by atoms with Crippen molar-refractivity contribution in [2.75, 3.05) is 0 Å². The number of alkyl halides is 9. The average Bonchev–Trinajstić information content (AvgIpc) is 2.85. The van der Waals surface area contributed by atoms with Gasteiger partial charge in [-0.15, -0.1) is 39.5 Å². The van der Waals surface area contributed by atoms with Crippen LogP contribution in [0.5, 0.6) is 17.2 Å². The molecule has 0 saturated heterocycles. The molecule has 3 heterocycles. The summed E-state index contributed by atoms with van der Waals surface area (Å²) in [7, 11) is 0. The molecule has 0 aliphatic heterocycles. The number of halogens is 9. The zero-order chi connectivity index (χ0) is 59.6. The molecule has 2 N–H and O–H groups in total. The van der Waals surface area contributed by atoms with Crippen molar-refractivity contribution in [1.82, 2.24) is 15.5 Å². The lowest BCUT2D eigenvalue weighted by atomic mass is 9.95. The first-order valence-corrected chi connectivity index (χ1v) is 29.7. The number of aliphatic hydroxyl groups is 2. The highest BCUT2D eigenvalue weighted by molar-refractivity contribution is 5.72. The standard InChI is InChI=1S/2C21H22F3NO4.C21H20F3NO3/c22-21(23,24)28-17-4-2-1-3-13(17)19-15(20(29-25-19)12-5-6-12)10-27-18-9-11-7-14(18)16(26)8-11;22-21(23,24)28-17-4-2-1-3-14(17)19-15(20(29-25-19)11-5-6-11)10-27-18-9-12-7-13(18)8-16(12)26;22-21(23,24)27-17-4-2-1-3-15(17)19-16(20(28-25-19)13-7-8-13)11-26-18-10-12-5-6-14(18)9-12/h1-4,11-12,14,16,18,26H,5-10H2;1-4,11-13,16,18,26H,5-10H2;1-6,12-14,18H,7-11H2/t11-,14+,16+,18+;12-,13-,16+,18-;12-,14+,18-/m100/s1. The number of nitrogens with zero attached hydrogens (tertiary/aromatic N) is 3. The van der Waals surface area contributed by atoms with Crippen LogP contribution < -0.4 is 14.2 Å². The molecule has 3 aromatic carbocycles. The molecule has 86 heavy (non-hydrogen) atoms. The van der Waals surface area contributed by atoms with Gasteiger partial charge in [-0.3, -0.25) is 0 Å². The quantitative estimate of drug-likeness (QED) is 0.0614. The molecule has 6 aromatic rings. The molecule has 0 spiro atoms. The Balaban J connectivity index is 0.000000120. The van der Waals surface area contributed by atoms with Crippen LogP contribution >= 0.6 is 0 Å². The molecular formula is C63H64F9N3O11. The molecule has 9 aliphatic rings. The second-order valence-corrected chi connectivity index (χ2v) is 24.5. The van der Waals surface area contributed by atoms with Gasteiger partial charge in [-0.25, -0.2) is 0 Å². The first-order valence-electron chi connectivity index (χ1n) is 29.7. The molecule has 8 fully saturated rings. The van der Waals surface area contributed by atoms with Crippen LogP contribution in [-0.2, 0) is 34.0 Å². The van der Waals surface area contributed by atoms with Gasteiger partial charge in [0.2, 0.25) is 0 Å². The minimum absolute atomic E-state index is 0.0415. The van der Waals surface area contributed by atoms with Crippen LogP contribution in [0.2, 0.25) is 0 Å². The predicted molar refractivity (Wildman–Crippen MR) is 287 cm³/mol. The van der Waals surface area contributed by atoms with Crippen molar-refractivity contribution >= 4 is 0 Å². The van der Waals surface area contributed by atoms with Crippen molar-refractivity contribution < 1.29 is 91.7 Å². The average molecular weight is 1210 g/mol. The fraction of sp³-hybridized carbons (Fsp3) is 0.540. The van der Waals surface area contributed by atoms with Gasteiger partial charge in [0.15, 0.2) is 0 Å². The third-order valence-corrected chi connectivity index (χ3v) is 18.4. The summed E-state index contributed by atoms with van der Waals surface area (Å²) in [4.78, 5) is 0. The number of hydrogen-bond acceptors (Lipinski definition) is 14. The van der Waals surface area contributed by atoms with Gasteiger partial charge in [-0.05, 0) is 150 Å². The minimum Gasteiger partial charge on any atom is -0.405 e. The van der Waals surface area contributed by atoms with E-state index in [1.54, 1.807) is 36.4 Å². The number of ether oxygens (including phenoxy) is 6. The first-order chi connectivity index (χ1) is 41.3.